The molecule has 0 fully saturated rings. The van der Waals surface area contributed by atoms with Crippen molar-refractivity contribution in [1.29, 1.82) is 0 Å². The van der Waals surface area contributed by atoms with E-state index in [4.69, 9.17) is 22.1 Å². The summed E-state index contributed by atoms with van der Waals surface area (Å²) in [5, 5.41) is 0.597. The predicted octanol–water partition coefficient (Wildman–Crippen LogP) is 3.83. The SMILES string of the molecule is Cc1ccc(Cl)cc1OCc1ccc(CN)cc1F. The van der Waals surface area contributed by atoms with E-state index in [0.29, 0.717) is 22.9 Å². The zero-order valence-corrected chi connectivity index (χ0v) is 11.4. The summed E-state index contributed by atoms with van der Waals surface area (Å²) in [6.45, 7) is 2.41. The molecule has 100 valence electrons. The van der Waals surface area contributed by atoms with Gasteiger partial charge in [0.25, 0.3) is 0 Å². The summed E-state index contributed by atoms with van der Waals surface area (Å²) < 4.78 is 19.4. The first-order valence-corrected chi connectivity index (χ1v) is 6.34. The topological polar surface area (TPSA) is 35.2 Å². The zero-order valence-electron chi connectivity index (χ0n) is 10.6. The number of aryl methyl sites for hydroxylation is 1. The van der Waals surface area contributed by atoms with Crippen LogP contribution in [-0.4, -0.2) is 0 Å². The van der Waals surface area contributed by atoms with Gasteiger partial charge in [0.1, 0.15) is 18.2 Å². The highest BCUT2D eigenvalue weighted by atomic mass is 35.5. The number of ether oxygens (including phenoxy) is 1. The summed E-state index contributed by atoms with van der Waals surface area (Å²) in [4.78, 5) is 0. The fourth-order valence-corrected chi connectivity index (χ4v) is 1.88. The van der Waals surface area contributed by atoms with Crippen molar-refractivity contribution in [3.8, 4) is 5.75 Å². The monoisotopic (exact) mass is 279 g/mol. The Morgan fingerprint density at radius 1 is 1.21 bits per heavy atom. The molecule has 0 radical (unpaired) electrons. The van der Waals surface area contributed by atoms with Crippen LogP contribution in [0.1, 0.15) is 16.7 Å². The number of rotatable bonds is 4. The van der Waals surface area contributed by atoms with Crippen molar-refractivity contribution >= 4 is 11.6 Å². The highest BCUT2D eigenvalue weighted by molar-refractivity contribution is 6.30. The van der Waals surface area contributed by atoms with Gasteiger partial charge in [-0.2, -0.15) is 0 Å². The molecule has 0 spiro atoms. The summed E-state index contributed by atoms with van der Waals surface area (Å²) in [6, 6.07) is 10.3. The van der Waals surface area contributed by atoms with Crippen LogP contribution < -0.4 is 10.5 Å². The van der Waals surface area contributed by atoms with Crippen molar-refractivity contribution in [1.82, 2.24) is 0 Å². The van der Waals surface area contributed by atoms with E-state index >= 15 is 0 Å². The second-order valence-corrected chi connectivity index (χ2v) is 4.76. The van der Waals surface area contributed by atoms with Crippen LogP contribution in [-0.2, 0) is 13.2 Å². The van der Waals surface area contributed by atoms with Gasteiger partial charge in [-0.3, -0.25) is 0 Å². The predicted molar refractivity (Wildman–Crippen MR) is 74.8 cm³/mol. The molecule has 0 aliphatic heterocycles. The highest BCUT2D eigenvalue weighted by Gasteiger charge is 2.06. The van der Waals surface area contributed by atoms with Crippen LogP contribution in [0.4, 0.5) is 4.39 Å². The molecular weight excluding hydrogens is 265 g/mol. The standard InChI is InChI=1S/C15H15ClFNO/c1-10-2-5-13(16)7-15(10)19-9-12-4-3-11(8-18)6-14(12)17/h2-7H,8-9,18H2,1H3. The third-order valence-electron chi connectivity index (χ3n) is 2.89. The Morgan fingerprint density at radius 2 is 2.00 bits per heavy atom. The van der Waals surface area contributed by atoms with E-state index in [9.17, 15) is 4.39 Å². The van der Waals surface area contributed by atoms with E-state index in [1.165, 1.54) is 6.07 Å². The Hall–Kier alpha value is -1.58. The van der Waals surface area contributed by atoms with Crippen LogP contribution in [0, 0.1) is 12.7 Å². The third kappa shape index (κ3) is 3.46. The van der Waals surface area contributed by atoms with Crippen LogP contribution in [0.5, 0.6) is 5.75 Å². The molecule has 2 N–H and O–H groups in total. The summed E-state index contributed by atoms with van der Waals surface area (Å²) in [6.07, 6.45) is 0. The molecule has 2 aromatic carbocycles. The summed E-state index contributed by atoms with van der Waals surface area (Å²) in [7, 11) is 0. The minimum Gasteiger partial charge on any atom is -0.488 e. The highest BCUT2D eigenvalue weighted by Crippen LogP contribution is 2.24. The molecule has 2 rings (SSSR count). The van der Waals surface area contributed by atoms with Gasteiger partial charge in [-0.15, -0.1) is 0 Å². The molecule has 0 saturated heterocycles. The van der Waals surface area contributed by atoms with Crippen LogP contribution >= 0.6 is 11.6 Å². The first-order chi connectivity index (χ1) is 9.10. The van der Waals surface area contributed by atoms with Gasteiger partial charge in [0.2, 0.25) is 0 Å². The molecule has 0 heterocycles. The van der Waals surface area contributed by atoms with E-state index < -0.39 is 0 Å². The average molecular weight is 280 g/mol. The van der Waals surface area contributed by atoms with Gasteiger partial charge in [0, 0.05) is 17.1 Å². The van der Waals surface area contributed by atoms with Gasteiger partial charge in [0.15, 0.2) is 0 Å². The minimum absolute atomic E-state index is 0.165. The van der Waals surface area contributed by atoms with Gasteiger partial charge in [0.05, 0.1) is 0 Å². The Balaban J connectivity index is 2.12. The molecule has 0 aliphatic carbocycles. The smallest absolute Gasteiger partial charge is 0.130 e. The van der Waals surface area contributed by atoms with Crippen molar-refractivity contribution in [3.05, 3.63) is 63.9 Å². The number of hydrogen-bond acceptors (Lipinski definition) is 2. The Kier molecular flexibility index (Phi) is 4.40. The number of halogens is 2. The second-order valence-electron chi connectivity index (χ2n) is 4.33. The third-order valence-corrected chi connectivity index (χ3v) is 3.12. The molecule has 4 heteroatoms. The van der Waals surface area contributed by atoms with Gasteiger partial charge >= 0.3 is 0 Å². The van der Waals surface area contributed by atoms with E-state index in [1.54, 1.807) is 24.3 Å². The Morgan fingerprint density at radius 3 is 2.68 bits per heavy atom. The Bertz CT molecular complexity index is 586. The molecule has 2 nitrogen and oxygen atoms in total. The lowest BCUT2D eigenvalue weighted by Crippen LogP contribution is -2.02. The molecule has 0 aromatic heterocycles. The lowest BCUT2D eigenvalue weighted by atomic mass is 10.1. The van der Waals surface area contributed by atoms with Gasteiger partial charge < -0.3 is 10.5 Å². The molecule has 0 saturated carbocycles. The van der Waals surface area contributed by atoms with E-state index in [-0.39, 0.29) is 12.4 Å². The maximum Gasteiger partial charge on any atom is 0.130 e. The maximum atomic E-state index is 13.8. The van der Waals surface area contributed by atoms with Gasteiger partial charge in [-0.05, 0) is 36.2 Å². The first-order valence-electron chi connectivity index (χ1n) is 5.96. The largest absolute Gasteiger partial charge is 0.488 e. The second kappa shape index (κ2) is 6.04. The normalized spacial score (nSPS) is 10.5. The molecule has 0 atom stereocenters. The van der Waals surface area contributed by atoms with E-state index in [2.05, 4.69) is 0 Å². The van der Waals surface area contributed by atoms with Gasteiger partial charge in [-0.1, -0.05) is 29.8 Å². The van der Waals surface area contributed by atoms with Crippen LogP contribution in [0.2, 0.25) is 5.02 Å². The fourth-order valence-electron chi connectivity index (χ4n) is 1.72. The Labute approximate surface area is 117 Å². The van der Waals surface area contributed by atoms with Crippen molar-refractivity contribution in [2.75, 3.05) is 0 Å². The lowest BCUT2D eigenvalue weighted by Gasteiger charge is -2.10. The molecule has 2 aromatic rings. The van der Waals surface area contributed by atoms with E-state index in [0.717, 1.165) is 11.1 Å². The van der Waals surface area contributed by atoms with Crippen molar-refractivity contribution < 1.29 is 9.13 Å². The molecular formula is C15H15ClFNO. The van der Waals surface area contributed by atoms with Crippen molar-refractivity contribution in [3.63, 3.8) is 0 Å². The van der Waals surface area contributed by atoms with Crippen molar-refractivity contribution in [2.45, 2.75) is 20.1 Å². The number of hydrogen-bond donors (Lipinski definition) is 1. The minimum atomic E-state index is -0.303. The van der Waals surface area contributed by atoms with Gasteiger partial charge in [-0.25, -0.2) is 4.39 Å². The van der Waals surface area contributed by atoms with Crippen molar-refractivity contribution in [2.24, 2.45) is 5.73 Å². The molecule has 0 aliphatic rings. The molecule has 0 bridgehead atoms. The van der Waals surface area contributed by atoms with Crippen LogP contribution in [0.15, 0.2) is 36.4 Å². The summed E-state index contributed by atoms with van der Waals surface area (Å²) in [5.41, 5.74) is 7.68. The molecule has 0 unspecified atom stereocenters. The lowest BCUT2D eigenvalue weighted by molar-refractivity contribution is 0.298. The van der Waals surface area contributed by atoms with Crippen LogP contribution in [0.3, 0.4) is 0 Å². The van der Waals surface area contributed by atoms with Crippen LogP contribution in [0.25, 0.3) is 0 Å². The zero-order chi connectivity index (χ0) is 13.8. The summed E-state index contributed by atoms with van der Waals surface area (Å²) >= 11 is 5.90. The fraction of sp³-hybridized carbons (Fsp3) is 0.200. The first kappa shape index (κ1) is 13.8. The molecule has 19 heavy (non-hydrogen) atoms. The maximum absolute atomic E-state index is 13.8. The number of nitrogens with two attached hydrogens (primary N) is 1. The quantitative estimate of drug-likeness (QED) is 0.923. The number of benzene rings is 2. The summed E-state index contributed by atoms with van der Waals surface area (Å²) in [5.74, 6) is 0.359. The van der Waals surface area contributed by atoms with E-state index in [1.807, 2.05) is 13.0 Å². The average Bonchev–Trinajstić information content (AvgIpc) is 2.40. The molecule has 0 amide bonds.